The molecular weight excluding hydrogens is 222 g/mol. The van der Waals surface area contributed by atoms with Crippen LogP contribution in [0.15, 0.2) is 18.2 Å². The second kappa shape index (κ2) is 5.31. The molecule has 1 aromatic carbocycles. The number of unbranched alkanes of at least 4 members (excludes halogenated alkanes) is 1. The van der Waals surface area contributed by atoms with Crippen LogP contribution in [0.1, 0.15) is 57.2 Å². The lowest BCUT2D eigenvalue weighted by Crippen LogP contribution is -2.39. The summed E-state index contributed by atoms with van der Waals surface area (Å²) in [6, 6.07) is 6.97. The molecule has 0 amide bonds. The number of benzene rings is 1. The van der Waals surface area contributed by atoms with E-state index in [0.29, 0.717) is 6.04 Å². The van der Waals surface area contributed by atoms with Crippen LogP contribution in [0, 0.1) is 6.92 Å². The van der Waals surface area contributed by atoms with Gasteiger partial charge in [-0.05, 0) is 45.4 Å². The van der Waals surface area contributed by atoms with Gasteiger partial charge in [-0.25, -0.2) is 0 Å². The van der Waals surface area contributed by atoms with Crippen molar-refractivity contribution in [3.8, 4) is 5.75 Å². The van der Waals surface area contributed by atoms with Crippen LogP contribution in [0.3, 0.4) is 0 Å². The van der Waals surface area contributed by atoms with E-state index < -0.39 is 0 Å². The van der Waals surface area contributed by atoms with E-state index in [1.807, 2.05) is 0 Å². The van der Waals surface area contributed by atoms with Gasteiger partial charge in [0.15, 0.2) is 0 Å². The first-order chi connectivity index (χ1) is 8.52. The number of fused-ring (bicyclic) bond motifs is 1. The Kier molecular flexibility index (Phi) is 3.96. The maximum absolute atomic E-state index is 6.10. The second-order valence-corrected chi connectivity index (χ2v) is 5.97. The number of hydrogen-bond donors (Lipinski definition) is 1. The third kappa shape index (κ3) is 3.05. The van der Waals surface area contributed by atoms with Crippen molar-refractivity contribution in [2.24, 2.45) is 0 Å². The molecule has 18 heavy (non-hydrogen) atoms. The van der Waals surface area contributed by atoms with Gasteiger partial charge < -0.3 is 10.1 Å². The molecule has 2 heteroatoms. The molecule has 1 N–H and O–H groups in total. The van der Waals surface area contributed by atoms with Crippen molar-refractivity contribution >= 4 is 0 Å². The Bertz CT molecular complexity index is 412. The van der Waals surface area contributed by atoms with E-state index >= 15 is 0 Å². The van der Waals surface area contributed by atoms with Crippen molar-refractivity contribution in [2.75, 3.05) is 6.54 Å². The predicted molar refractivity (Wildman–Crippen MR) is 76.2 cm³/mol. The highest BCUT2D eigenvalue weighted by molar-refractivity contribution is 5.41. The van der Waals surface area contributed by atoms with Gasteiger partial charge in [-0.3, -0.25) is 0 Å². The standard InChI is InChI=1S/C16H25NO/c1-5-6-9-17-14-11-16(3,4)18-15-10-12(2)7-8-13(14)15/h7-8,10,14,17H,5-6,9,11H2,1-4H3. The first-order valence-corrected chi connectivity index (χ1v) is 7.05. The van der Waals surface area contributed by atoms with Gasteiger partial charge in [0.05, 0.1) is 0 Å². The van der Waals surface area contributed by atoms with Crippen LogP contribution in [0.4, 0.5) is 0 Å². The minimum atomic E-state index is -0.0787. The Labute approximate surface area is 111 Å². The first kappa shape index (κ1) is 13.4. The molecular formula is C16H25NO. The second-order valence-electron chi connectivity index (χ2n) is 5.97. The highest BCUT2D eigenvalue weighted by atomic mass is 16.5. The Morgan fingerprint density at radius 1 is 1.39 bits per heavy atom. The van der Waals surface area contributed by atoms with E-state index in [1.54, 1.807) is 0 Å². The molecule has 0 aromatic heterocycles. The number of hydrogen-bond acceptors (Lipinski definition) is 2. The van der Waals surface area contributed by atoms with Crippen LogP contribution in [0.25, 0.3) is 0 Å². The van der Waals surface area contributed by atoms with Crippen LogP contribution < -0.4 is 10.1 Å². The number of nitrogens with one attached hydrogen (secondary N) is 1. The molecule has 2 nitrogen and oxygen atoms in total. The number of ether oxygens (including phenoxy) is 1. The molecule has 1 atom stereocenters. The van der Waals surface area contributed by atoms with Crippen LogP contribution in [-0.4, -0.2) is 12.1 Å². The lowest BCUT2D eigenvalue weighted by Gasteiger charge is -2.38. The van der Waals surface area contributed by atoms with E-state index in [-0.39, 0.29) is 5.60 Å². The fraction of sp³-hybridized carbons (Fsp3) is 0.625. The van der Waals surface area contributed by atoms with Crippen molar-refractivity contribution in [1.29, 1.82) is 0 Å². The molecule has 2 rings (SSSR count). The van der Waals surface area contributed by atoms with E-state index in [0.717, 1.165) is 18.7 Å². The maximum atomic E-state index is 6.10. The van der Waals surface area contributed by atoms with Gasteiger partial charge in [-0.1, -0.05) is 25.5 Å². The monoisotopic (exact) mass is 247 g/mol. The van der Waals surface area contributed by atoms with Gasteiger partial charge in [0.25, 0.3) is 0 Å². The van der Waals surface area contributed by atoms with Gasteiger partial charge >= 0.3 is 0 Å². The minimum absolute atomic E-state index is 0.0787. The van der Waals surface area contributed by atoms with E-state index in [2.05, 4.69) is 51.2 Å². The highest BCUT2D eigenvalue weighted by Gasteiger charge is 2.33. The van der Waals surface area contributed by atoms with Crippen molar-refractivity contribution in [1.82, 2.24) is 5.32 Å². The predicted octanol–water partition coefficient (Wildman–Crippen LogP) is 3.99. The smallest absolute Gasteiger partial charge is 0.125 e. The molecule has 0 saturated carbocycles. The molecule has 0 spiro atoms. The summed E-state index contributed by atoms with van der Waals surface area (Å²) < 4.78 is 6.10. The van der Waals surface area contributed by atoms with Gasteiger partial charge in [-0.2, -0.15) is 0 Å². The van der Waals surface area contributed by atoms with E-state index in [4.69, 9.17) is 4.74 Å². The van der Waals surface area contributed by atoms with Crippen LogP contribution in [0.5, 0.6) is 5.75 Å². The Balaban J connectivity index is 2.20. The summed E-state index contributed by atoms with van der Waals surface area (Å²) in [6.07, 6.45) is 3.51. The van der Waals surface area contributed by atoms with Crippen LogP contribution in [0.2, 0.25) is 0 Å². The molecule has 0 aliphatic carbocycles. The van der Waals surface area contributed by atoms with Crippen molar-refractivity contribution < 1.29 is 4.74 Å². The number of rotatable bonds is 4. The largest absolute Gasteiger partial charge is 0.487 e. The normalized spacial score (nSPS) is 21.2. The molecule has 0 bridgehead atoms. The van der Waals surface area contributed by atoms with Gasteiger partial charge in [0, 0.05) is 18.0 Å². The summed E-state index contributed by atoms with van der Waals surface area (Å²) in [5, 5.41) is 3.67. The lowest BCUT2D eigenvalue weighted by atomic mass is 9.89. The zero-order valence-corrected chi connectivity index (χ0v) is 12.0. The third-order valence-corrected chi connectivity index (χ3v) is 3.55. The van der Waals surface area contributed by atoms with E-state index in [9.17, 15) is 0 Å². The molecule has 1 heterocycles. The van der Waals surface area contributed by atoms with Gasteiger partial charge in [-0.15, -0.1) is 0 Å². The quantitative estimate of drug-likeness (QED) is 0.812. The summed E-state index contributed by atoms with van der Waals surface area (Å²) >= 11 is 0. The van der Waals surface area contributed by atoms with E-state index in [1.165, 1.54) is 24.0 Å². The zero-order chi connectivity index (χ0) is 13.2. The fourth-order valence-corrected chi connectivity index (χ4v) is 2.59. The molecule has 0 fully saturated rings. The molecule has 0 saturated heterocycles. The molecule has 1 aromatic rings. The van der Waals surface area contributed by atoms with Crippen LogP contribution in [-0.2, 0) is 0 Å². The zero-order valence-electron chi connectivity index (χ0n) is 12.0. The summed E-state index contributed by atoms with van der Waals surface area (Å²) in [6.45, 7) is 9.78. The van der Waals surface area contributed by atoms with Crippen LogP contribution >= 0.6 is 0 Å². The molecule has 1 unspecified atom stereocenters. The molecule has 1 aliphatic heterocycles. The summed E-state index contributed by atoms with van der Waals surface area (Å²) in [5.41, 5.74) is 2.50. The molecule has 100 valence electrons. The molecule has 0 radical (unpaired) electrons. The minimum Gasteiger partial charge on any atom is -0.487 e. The topological polar surface area (TPSA) is 21.3 Å². The highest BCUT2D eigenvalue weighted by Crippen LogP contribution is 2.39. The van der Waals surface area contributed by atoms with Crippen molar-refractivity contribution in [2.45, 2.75) is 58.6 Å². The lowest BCUT2D eigenvalue weighted by molar-refractivity contribution is 0.0660. The SMILES string of the molecule is CCCCNC1CC(C)(C)Oc2cc(C)ccc21. The average molecular weight is 247 g/mol. The van der Waals surface area contributed by atoms with Gasteiger partial charge in [0.1, 0.15) is 11.4 Å². The number of aryl methyl sites for hydroxylation is 1. The Morgan fingerprint density at radius 2 is 2.17 bits per heavy atom. The maximum Gasteiger partial charge on any atom is 0.125 e. The summed E-state index contributed by atoms with van der Waals surface area (Å²) in [5.74, 6) is 1.06. The van der Waals surface area contributed by atoms with Gasteiger partial charge in [0.2, 0.25) is 0 Å². The Hall–Kier alpha value is -1.02. The first-order valence-electron chi connectivity index (χ1n) is 7.05. The summed E-state index contributed by atoms with van der Waals surface area (Å²) in [7, 11) is 0. The summed E-state index contributed by atoms with van der Waals surface area (Å²) in [4.78, 5) is 0. The van der Waals surface area contributed by atoms with Crippen molar-refractivity contribution in [3.05, 3.63) is 29.3 Å². The van der Waals surface area contributed by atoms with Crippen molar-refractivity contribution in [3.63, 3.8) is 0 Å². The average Bonchev–Trinajstić information content (AvgIpc) is 2.27. The Morgan fingerprint density at radius 3 is 2.89 bits per heavy atom. The fourth-order valence-electron chi connectivity index (χ4n) is 2.59. The molecule has 1 aliphatic rings. The third-order valence-electron chi connectivity index (χ3n) is 3.55.